The van der Waals surface area contributed by atoms with E-state index in [2.05, 4.69) is 0 Å². The summed E-state index contributed by atoms with van der Waals surface area (Å²) in [7, 11) is 3.23. The van der Waals surface area contributed by atoms with Gasteiger partial charge in [-0.3, -0.25) is 0 Å². The van der Waals surface area contributed by atoms with Gasteiger partial charge < -0.3 is 20.9 Å². The quantitative estimate of drug-likeness (QED) is 0.856. The molecule has 0 saturated carbocycles. The van der Waals surface area contributed by atoms with Crippen LogP contribution >= 0.6 is 24.8 Å². The largest absolute Gasteiger partial charge is 0.493 e. The highest BCUT2D eigenvalue weighted by Gasteiger charge is 2.06. The standard InChI is InChI=1S/C11H18N2O2.2ClH/c1-14-10-4-3-8(5-9(13)7-12)6-11(10)15-2;;/h3-4,6,9H,5,7,12-13H2,1-2H3;2*1H. The van der Waals surface area contributed by atoms with Crippen molar-refractivity contribution in [1.82, 2.24) is 0 Å². The average molecular weight is 283 g/mol. The third-order valence-corrected chi connectivity index (χ3v) is 2.25. The van der Waals surface area contributed by atoms with Gasteiger partial charge in [-0.05, 0) is 24.1 Å². The summed E-state index contributed by atoms with van der Waals surface area (Å²) in [5, 5.41) is 0. The predicted octanol–water partition coefficient (Wildman–Crippen LogP) is 1.38. The Kier molecular flexibility index (Phi) is 10.3. The van der Waals surface area contributed by atoms with E-state index in [4.69, 9.17) is 20.9 Å². The van der Waals surface area contributed by atoms with Gasteiger partial charge in [0.2, 0.25) is 0 Å². The first-order chi connectivity index (χ1) is 7.21. The van der Waals surface area contributed by atoms with Crippen molar-refractivity contribution in [3.8, 4) is 11.5 Å². The molecule has 0 aliphatic rings. The fourth-order valence-electron chi connectivity index (χ4n) is 1.39. The van der Waals surface area contributed by atoms with E-state index in [1.54, 1.807) is 14.2 Å². The van der Waals surface area contributed by atoms with Gasteiger partial charge in [-0.25, -0.2) is 0 Å². The topological polar surface area (TPSA) is 70.5 Å². The lowest BCUT2D eigenvalue weighted by molar-refractivity contribution is 0.354. The van der Waals surface area contributed by atoms with Crippen molar-refractivity contribution >= 4 is 24.8 Å². The second-order valence-corrected chi connectivity index (χ2v) is 3.39. The van der Waals surface area contributed by atoms with E-state index in [9.17, 15) is 0 Å². The Labute approximate surface area is 114 Å². The van der Waals surface area contributed by atoms with Crippen LogP contribution in [0.15, 0.2) is 18.2 Å². The molecule has 1 aromatic rings. The fraction of sp³-hybridized carbons (Fsp3) is 0.455. The molecule has 4 N–H and O–H groups in total. The van der Waals surface area contributed by atoms with E-state index in [1.165, 1.54) is 0 Å². The van der Waals surface area contributed by atoms with Gasteiger partial charge in [0.05, 0.1) is 14.2 Å². The van der Waals surface area contributed by atoms with Crippen LogP contribution in [0.25, 0.3) is 0 Å². The Morgan fingerprint density at radius 1 is 1.12 bits per heavy atom. The average Bonchev–Trinajstić information content (AvgIpc) is 2.28. The summed E-state index contributed by atoms with van der Waals surface area (Å²) in [6, 6.07) is 5.76. The van der Waals surface area contributed by atoms with Crippen LogP contribution in [-0.4, -0.2) is 26.8 Å². The van der Waals surface area contributed by atoms with E-state index in [1.807, 2.05) is 18.2 Å². The first-order valence-corrected chi connectivity index (χ1v) is 4.87. The number of benzene rings is 1. The number of hydrogen-bond donors (Lipinski definition) is 2. The lowest BCUT2D eigenvalue weighted by atomic mass is 10.1. The highest BCUT2D eigenvalue weighted by Crippen LogP contribution is 2.27. The summed E-state index contributed by atoms with van der Waals surface area (Å²) in [6.07, 6.45) is 0.747. The van der Waals surface area contributed by atoms with Gasteiger partial charge in [-0.1, -0.05) is 6.07 Å². The van der Waals surface area contributed by atoms with E-state index in [0.717, 1.165) is 23.5 Å². The van der Waals surface area contributed by atoms with Crippen molar-refractivity contribution < 1.29 is 9.47 Å². The normalized spacial score (nSPS) is 10.8. The summed E-state index contributed by atoms with van der Waals surface area (Å²) < 4.78 is 10.3. The number of methoxy groups -OCH3 is 2. The highest BCUT2D eigenvalue weighted by atomic mass is 35.5. The molecule has 0 spiro atoms. The Bertz CT molecular complexity index is 324. The number of rotatable bonds is 5. The van der Waals surface area contributed by atoms with Crippen LogP contribution < -0.4 is 20.9 Å². The maximum atomic E-state index is 5.77. The van der Waals surface area contributed by atoms with Crippen LogP contribution in [0.1, 0.15) is 5.56 Å². The summed E-state index contributed by atoms with van der Waals surface area (Å²) in [6.45, 7) is 0.481. The van der Waals surface area contributed by atoms with E-state index in [-0.39, 0.29) is 30.9 Å². The second-order valence-electron chi connectivity index (χ2n) is 3.39. The molecule has 0 amide bonds. The molecule has 1 rings (SSSR count). The van der Waals surface area contributed by atoms with E-state index in [0.29, 0.717) is 6.54 Å². The molecule has 1 unspecified atom stereocenters. The van der Waals surface area contributed by atoms with Gasteiger partial charge in [0.1, 0.15) is 0 Å². The molecular weight excluding hydrogens is 263 g/mol. The van der Waals surface area contributed by atoms with Crippen LogP contribution in [-0.2, 0) is 6.42 Å². The van der Waals surface area contributed by atoms with Gasteiger partial charge in [-0.15, -0.1) is 24.8 Å². The molecule has 0 aromatic heterocycles. The van der Waals surface area contributed by atoms with Gasteiger partial charge in [0.25, 0.3) is 0 Å². The number of nitrogens with two attached hydrogens (primary N) is 2. The fourth-order valence-corrected chi connectivity index (χ4v) is 1.39. The molecule has 0 saturated heterocycles. The smallest absolute Gasteiger partial charge is 0.160 e. The number of ether oxygens (including phenoxy) is 2. The lowest BCUT2D eigenvalue weighted by Gasteiger charge is -2.12. The number of hydrogen-bond acceptors (Lipinski definition) is 4. The second kappa shape index (κ2) is 9.36. The Hall–Kier alpha value is -0.680. The van der Waals surface area contributed by atoms with E-state index >= 15 is 0 Å². The van der Waals surface area contributed by atoms with Crippen LogP contribution in [0, 0.1) is 0 Å². The monoisotopic (exact) mass is 282 g/mol. The molecule has 0 aliphatic carbocycles. The molecule has 0 aliphatic heterocycles. The first-order valence-electron chi connectivity index (χ1n) is 4.87. The molecule has 6 heteroatoms. The van der Waals surface area contributed by atoms with Crippen LogP contribution in [0.4, 0.5) is 0 Å². The molecule has 1 aromatic carbocycles. The molecule has 0 bridgehead atoms. The van der Waals surface area contributed by atoms with Gasteiger partial charge in [-0.2, -0.15) is 0 Å². The lowest BCUT2D eigenvalue weighted by Crippen LogP contribution is -2.31. The molecule has 0 fully saturated rings. The van der Waals surface area contributed by atoms with E-state index < -0.39 is 0 Å². The molecule has 17 heavy (non-hydrogen) atoms. The highest BCUT2D eigenvalue weighted by molar-refractivity contribution is 5.85. The maximum Gasteiger partial charge on any atom is 0.160 e. The summed E-state index contributed by atoms with van der Waals surface area (Å²) >= 11 is 0. The minimum Gasteiger partial charge on any atom is -0.493 e. The molecule has 100 valence electrons. The molecule has 0 radical (unpaired) electrons. The first kappa shape index (κ1) is 18.7. The van der Waals surface area contributed by atoms with Gasteiger partial charge >= 0.3 is 0 Å². The molecule has 0 heterocycles. The SMILES string of the molecule is COc1ccc(CC(N)CN)cc1OC.Cl.Cl. The van der Waals surface area contributed by atoms with Crippen molar-refractivity contribution in [2.24, 2.45) is 11.5 Å². The van der Waals surface area contributed by atoms with Crippen molar-refractivity contribution in [1.29, 1.82) is 0 Å². The minimum absolute atomic E-state index is 0. The van der Waals surface area contributed by atoms with Crippen molar-refractivity contribution in [3.05, 3.63) is 23.8 Å². The molecular formula is C11H20Cl2N2O2. The molecule has 1 atom stereocenters. The minimum atomic E-state index is -0.0110. The zero-order valence-electron chi connectivity index (χ0n) is 10.0. The Morgan fingerprint density at radius 2 is 1.71 bits per heavy atom. The predicted molar refractivity (Wildman–Crippen MR) is 74.8 cm³/mol. The third-order valence-electron chi connectivity index (χ3n) is 2.25. The Balaban J connectivity index is 0. The number of halogens is 2. The summed E-state index contributed by atoms with van der Waals surface area (Å²) in [5.41, 5.74) is 12.3. The molecule has 4 nitrogen and oxygen atoms in total. The zero-order valence-corrected chi connectivity index (χ0v) is 11.6. The van der Waals surface area contributed by atoms with Crippen molar-refractivity contribution in [2.45, 2.75) is 12.5 Å². The van der Waals surface area contributed by atoms with Crippen LogP contribution in [0.2, 0.25) is 0 Å². The van der Waals surface area contributed by atoms with Crippen LogP contribution in [0.3, 0.4) is 0 Å². The van der Waals surface area contributed by atoms with Crippen molar-refractivity contribution in [2.75, 3.05) is 20.8 Å². The Morgan fingerprint density at radius 3 is 2.18 bits per heavy atom. The summed E-state index contributed by atoms with van der Waals surface area (Å²) in [5.74, 6) is 1.45. The maximum absolute atomic E-state index is 5.77. The zero-order chi connectivity index (χ0) is 11.3. The van der Waals surface area contributed by atoms with Crippen LogP contribution in [0.5, 0.6) is 11.5 Å². The van der Waals surface area contributed by atoms with Crippen molar-refractivity contribution in [3.63, 3.8) is 0 Å². The van der Waals surface area contributed by atoms with Gasteiger partial charge in [0.15, 0.2) is 11.5 Å². The van der Waals surface area contributed by atoms with Gasteiger partial charge in [0, 0.05) is 12.6 Å². The summed E-state index contributed by atoms with van der Waals surface area (Å²) in [4.78, 5) is 0. The third kappa shape index (κ3) is 5.46.